The molecule has 0 unspecified atom stereocenters. The van der Waals surface area contributed by atoms with Gasteiger partial charge in [-0.25, -0.2) is 0 Å². The Morgan fingerprint density at radius 1 is 1.13 bits per heavy atom. The molecule has 1 amide bonds. The number of azide groups is 1. The Balaban J connectivity index is 2.43. The monoisotopic (exact) mass is 435 g/mol. The second kappa shape index (κ2) is 10.9. The second-order valence-electron chi connectivity index (χ2n) is 6.43. The van der Waals surface area contributed by atoms with E-state index in [1.165, 1.54) is 12.3 Å². The Bertz CT molecular complexity index is 873. The van der Waals surface area contributed by atoms with E-state index in [4.69, 9.17) is 24.5 Å². The predicted octanol–water partition coefficient (Wildman–Crippen LogP) is 0.642. The number of carbonyl (C=O) groups is 4. The Morgan fingerprint density at radius 3 is 2.35 bits per heavy atom. The van der Waals surface area contributed by atoms with Gasteiger partial charge < -0.3 is 24.3 Å². The van der Waals surface area contributed by atoms with Crippen LogP contribution >= 0.6 is 0 Å². The van der Waals surface area contributed by atoms with E-state index in [-0.39, 0.29) is 12.3 Å². The summed E-state index contributed by atoms with van der Waals surface area (Å²) in [4.78, 5) is 53.9. The van der Waals surface area contributed by atoms with Crippen LogP contribution in [0.4, 0.5) is 0 Å². The van der Waals surface area contributed by atoms with Gasteiger partial charge in [0.15, 0.2) is 18.4 Å². The molecule has 1 aliphatic rings. The molecule has 2 rings (SSSR count). The first-order valence-corrected chi connectivity index (χ1v) is 9.12. The lowest BCUT2D eigenvalue weighted by Crippen LogP contribution is -2.65. The molecule has 166 valence electrons. The third-order valence-electron chi connectivity index (χ3n) is 4.08. The molecule has 13 nitrogen and oxygen atoms in total. The quantitative estimate of drug-likeness (QED) is 0.211. The molecule has 1 aliphatic heterocycles. The summed E-state index contributed by atoms with van der Waals surface area (Å²) in [6, 6.07) is 3.40. The van der Waals surface area contributed by atoms with Crippen LogP contribution in [-0.4, -0.2) is 66.0 Å². The zero-order chi connectivity index (χ0) is 23.0. The molecular weight excluding hydrogens is 414 g/mol. The van der Waals surface area contributed by atoms with Crippen molar-refractivity contribution in [3.05, 3.63) is 40.5 Å². The minimum Gasteiger partial charge on any atom is -0.463 e. The molecule has 0 bridgehead atoms. The van der Waals surface area contributed by atoms with Crippen LogP contribution in [0.15, 0.2) is 29.5 Å². The van der Waals surface area contributed by atoms with E-state index < -0.39 is 54.4 Å². The van der Waals surface area contributed by atoms with Crippen molar-refractivity contribution in [2.75, 3.05) is 6.61 Å². The molecule has 5 atom stereocenters. The van der Waals surface area contributed by atoms with E-state index in [9.17, 15) is 19.2 Å². The molecular formula is C18H21N5O8. The van der Waals surface area contributed by atoms with Crippen LogP contribution in [-0.2, 0) is 33.3 Å². The molecule has 13 heteroatoms. The summed E-state index contributed by atoms with van der Waals surface area (Å²) >= 11 is 0. The van der Waals surface area contributed by atoms with Gasteiger partial charge in [-0.2, -0.15) is 0 Å². The Morgan fingerprint density at radius 2 is 1.81 bits per heavy atom. The lowest BCUT2D eigenvalue weighted by atomic mass is 9.95. The Labute approximate surface area is 176 Å². The van der Waals surface area contributed by atoms with E-state index in [2.05, 4.69) is 20.3 Å². The SMILES string of the molecule is CC(=O)OC[C@H]1O[C@H](N=[N+]=[N-])[C@H](NC(=O)c2ccccn2)[C@@H](OC(C)=O)[C@@H]1OC(C)=O. The highest BCUT2D eigenvalue weighted by Crippen LogP contribution is 2.28. The summed E-state index contributed by atoms with van der Waals surface area (Å²) in [6.07, 6.45) is -3.72. The summed E-state index contributed by atoms with van der Waals surface area (Å²) in [5, 5.41) is 6.06. The molecule has 0 radical (unpaired) electrons. The average molecular weight is 435 g/mol. The van der Waals surface area contributed by atoms with Gasteiger partial charge in [0.05, 0.1) is 0 Å². The zero-order valence-electron chi connectivity index (χ0n) is 17.0. The third-order valence-corrected chi connectivity index (χ3v) is 4.08. The third kappa shape index (κ3) is 6.66. The highest BCUT2D eigenvalue weighted by Gasteiger charge is 2.50. The average Bonchev–Trinajstić information content (AvgIpc) is 2.71. The van der Waals surface area contributed by atoms with Crippen molar-refractivity contribution in [1.29, 1.82) is 0 Å². The van der Waals surface area contributed by atoms with E-state index in [0.717, 1.165) is 20.8 Å². The maximum absolute atomic E-state index is 12.6. The smallest absolute Gasteiger partial charge is 0.303 e. The van der Waals surface area contributed by atoms with Crippen LogP contribution in [0.25, 0.3) is 10.4 Å². The number of esters is 3. The number of aromatic nitrogens is 1. The minimum absolute atomic E-state index is 0.0369. The topological polar surface area (TPSA) is 179 Å². The fraction of sp³-hybridized carbons (Fsp3) is 0.500. The number of amides is 1. The molecule has 1 aromatic heterocycles. The van der Waals surface area contributed by atoms with Crippen molar-refractivity contribution in [2.45, 2.75) is 51.4 Å². The fourth-order valence-electron chi connectivity index (χ4n) is 2.95. The molecule has 0 spiro atoms. The molecule has 0 aliphatic carbocycles. The maximum Gasteiger partial charge on any atom is 0.303 e. The Kier molecular flexibility index (Phi) is 8.29. The summed E-state index contributed by atoms with van der Waals surface area (Å²) in [6.45, 7) is 3.01. The summed E-state index contributed by atoms with van der Waals surface area (Å²) in [7, 11) is 0. The van der Waals surface area contributed by atoms with Crippen LogP contribution in [0.5, 0.6) is 0 Å². The number of nitrogens with one attached hydrogen (secondary N) is 1. The Hall–Kier alpha value is -3.70. The normalized spacial score (nSPS) is 24.8. The fourth-order valence-corrected chi connectivity index (χ4v) is 2.95. The number of hydrogen-bond donors (Lipinski definition) is 1. The first-order chi connectivity index (χ1) is 14.7. The molecule has 0 saturated carbocycles. The number of pyridine rings is 1. The number of nitrogens with zero attached hydrogens (tertiary/aromatic N) is 4. The molecule has 1 fully saturated rings. The molecule has 1 saturated heterocycles. The van der Waals surface area contributed by atoms with Crippen molar-refractivity contribution in [3.8, 4) is 0 Å². The van der Waals surface area contributed by atoms with E-state index in [1.807, 2.05) is 0 Å². The summed E-state index contributed by atoms with van der Waals surface area (Å²) in [5.41, 5.74) is 8.98. The molecule has 1 aromatic rings. The lowest BCUT2D eigenvalue weighted by molar-refractivity contribution is -0.221. The first kappa shape index (κ1) is 23.6. The molecule has 1 N–H and O–H groups in total. The van der Waals surface area contributed by atoms with Gasteiger partial charge in [0.2, 0.25) is 0 Å². The zero-order valence-corrected chi connectivity index (χ0v) is 17.0. The van der Waals surface area contributed by atoms with Crippen LogP contribution in [0.1, 0.15) is 31.3 Å². The van der Waals surface area contributed by atoms with Crippen LogP contribution < -0.4 is 5.32 Å². The number of carbonyl (C=O) groups excluding carboxylic acids is 4. The lowest BCUT2D eigenvalue weighted by Gasteiger charge is -2.43. The number of rotatable bonds is 7. The van der Waals surface area contributed by atoms with Gasteiger partial charge in [-0.3, -0.25) is 24.2 Å². The van der Waals surface area contributed by atoms with Crippen molar-refractivity contribution in [3.63, 3.8) is 0 Å². The standard InChI is InChI=1S/C18H21N5O8/c1-9(24)28-8-13-15(29-10(2)25)16(30-11(3)26)14(18(31-13)22-23-19)21-17(27)12-6-4-5-7-20-12/h4-7,13-16,18H,8H2,1-3H3,(H,21,27)/t13-,14-,15-,16-,18+/m1/s1. The molecule has 0 aromatic carbocycles. The van der Waals surface area contributed by atoms with Gasteiger partial charge in [0, 0.05) is 31.9 Å². The van der Waals surface area contributed by atoms with Gasteiger partial charge in [-0.15, -0.1) is 0 Å². The summed E-state index contributed by atoms with van der Waals surface area (Å²) < 4.78 is 21.2. The van der Waals surface area contributed by atoms with Crippen molar-refractivity contribution in [2.24, 2.45) is 5.11 Å². The van der Waals surface area contributed by atoms with E-state index in [0.29, 0.717) is 0 Å². The van der Waals surface area contributed by atoms with E-state index in [1.54, 1.807) is 12.1 Å². The van der Waals surface area contributed by atoms with Crippen LogP contribution in [0.3, 0.4) is 0 Å². The van der Waals surface area contributed by atoms with Gasteiger partial charge in [-0.05, 0) is 17.7 Å². The second-order valence-corrected chi connectivity index (χ2v) is 6.43. The van der Waals surface area contributed by atoms with Crippen molar-refractivity contribution in [1.82, 2.24) is 10.3 Å². The summed E-state index contributed by atoms with van der Waals surface area (Å²) in [5.74, 6) is -2.81. The van der Waals surface area contributed by atoms with Crippen molar-refractivity contribution < 1.29 is 38.1 Å². The first-order valence-electron chi connectivity index (χ1n) is 9.12. The number of hydrogen-bond acceptors (Lipinski definition) is 10. The van der Waals surface area contributed by atoms with Gasteiger partial charge in [0.1, 0.15) is 24.4 Å². The molecule has 2 heterocycles. The van der Waals surface area contributed by atoms with Crippen LogP contribution in [0, 0.1) is 0 Å². The number of ether oxygens (including phenoxy) is 4. The largest absolute Gasteiger partial charge is 0.463 e. The van der Waals surface area contributed by atoms with Crippen molar-refractivity contribution >= 4 is 23.8 Å². The van der Waals surface area contributed by atoms with E-state index >= 15 is 0 Å². The molecule has 31 heavy (non-hydrogen) atoms. The highest BCUT2D eigenvalue weighted by molar-refractivity contribution is 5.92. The maximum atomic E-state index is 12.6. The predicted molar refractivity (Wildman–Crippen MR) is 101 cm³/mol. The highest BCUT2D eigenvalue weighted by atomic mass is 16.6. The van der Waals surface area contributed by atoms with Gasteiger partial charge in [0.25, 0.3) is 5.91 Å². The van der Waals surface area contributed by atoms with Gasteiger partial charge in [-0.1, -0.05) is 11.2 Å². The van der Waals surface area contributed by atoms with Crippen LogP contribution in [0.2, 0.25) is 0 Å². The van der Waals surface area contributed by atoms with Gasteiger partial charge >= 0.3 is 17.9 Å². The minimum atomic E-state index is -1.38.